The summed E-state index contributed by atoms with van der Waals surface area (Å²) in [5.41, 5.74) is 4.04. The van der Waals surface area contributed by atoms with Gasteiger partial charge >= 0.3 is 0 Å². The molecule has 0 amide bonds. The maximum Gasteiger partial charge on any atom is 0.191 e. The van der Waals surface area contributed by atoms with Crippen molar-refractivity contribution in [3.63, 3.8) is 0 Å². The zero-order chi connectivity index (χ0) is 20.6. The van der Waals surface area contributed by atoms with E-state index in [-0.39, 0.29) is 22.4 Å². The lowest BCUT2D eigenvalue weighted by Crippen LogP contribution is -2.23. The van der Waals surface area contributed by atoms with E-state index < -0.39 is 5.82 Å². The summed E-state index contributed by atoms with van der Waals surface area (Å²) in [6, 6.07) is 16.1. The molecular formula is C20H15F2N5OS. The molecule has 9 heteroatoms. The van der Waals surface area contributed by atoms with E-state index in [1.54, 1.807) is 12.1 Å². The molecule has 146 valence electrons. The van der Waals surface area contributed by atoms with E-state index in [1.165, 1.54) is 60.8 Å². The molecule has 0 spiro atoms. The molecule has 3 aromatic rings. The van der Waals surface area contributed by atoms with Crippen molar-refractivity contribution in [3.05, 3.63) is 83.9 Å². The molecule has 3 N–H and O–H groups in total. The van der Waals surface area contributed by atoms with Crippen LogP contribution in [0.15, 0.2) is 82.1 Å². The Bertz CT molecular complexity index is 1070. The fourth-order valence-corrected chi connectivity index (χ4v) is 2.38. The summed E-state index contributed by atoms with van der Waals surface area (Å²) >= 11 is 5.09. The van der Waals surface area contributed by atoms with Crippen LogP contribution in [-0.2, 0) is 0 Å². The van der Waals surface area contributed by atoms with Crippen molar-refractivity contribution < 1.29 is 13.9 Å². The first-order valence-electron chi connectivity index (χ1n) is 8.36. The van der Waals surface area contributed by atoms with Gasteiger partial charge in [-0.25, -0.2) is 8.78 Å². The lowest BCUT2D eigenvalue weighted by atomic mass is 10.2. The summed E-state index contributed by atoms with van der Waals surface area (Å²) in [4.78, 5) is 0. The third-order valence-corrected chi connectivity index (χ3v) is 3.80. The highest BCUT2D eigenvalue weighted by atomic mass is 32.1. The molecular weight excluding hydrogens is 396 g/mol. The second-order valence-corrected chi connectivity index (χ2v) is 6.13. The number of azo groups is 1. The SMILES string of the molecule is Oc1ccc(N=Nc2ccccc2F)cc1/C=N/NC(=S)Nc1ccc(F)cc1. The van der Waals surface area contributed by atoms with Gasteiger partial charge in [0.2, 0.25) is 0 Å². The van der Waals surface area contributed by atoms with Crippen LogP contribution >= 0.6 is 12.2 Å². The molecule has 0 unspecified atom stereocenters. The number of phenolic OH excluding ortho intramolecular Hbond substituents is 1. The van der Waals surface area contributed by atoms with Gasteiger partial charge in [0, 0.05) is 11.3 Å². The largest absolute Gasteiger partial charge is 0.507 e. The predicted octanol–water partition coefficient (Wildman–Crippen LogP) is 5.41. The molecule has 0 radical (unpaired) electrons. The Hall–Kier alpha value is -3.72. The summed E-state index contributed by atoms with van der Waals surface area (Å²) in [5.74, 6) is -0.865. The molecule has 0 aliphatic carbocycles. The number of thiocarbonyl (C=S) groups is 1. The number of nitrogens with zero attached hydrogens (tertiary/aromatic N) is 3. The lowest BCUT2D eigenvalue weighted by molar-refractivity contribution is 0.474. The monoisotopic (exact) mass is 411 g/mol. The summed E-state index contributed by atoms with van der Waals surface area (Å²) in [6.07, 6.45) is 1.34. The smallest absolute Gasteiger partial charge is 0.191 e. The van der Waals surface area contributed by atoms with E-state index in [0.29, 0.717) is 16.9 Å². The molecule has 0 atom stereocenters. The van der Waals surface area contributed by atoms with Gasteiger partial charge in [0.1, 0.15) is 17.3 Å². The standard InChI is InChI=1S/C20H15F2N5OS/c21-14-5-7-15(8-6-14)24-20(29)27-23-12-13-11-16(9-10-19(13)28)25-26-18-4-2-1-3-17(18)22/h1-12,28H,(H2,24,27,29)/b23-12+,26-25?. The van der Waals surface area contributed by atoms with Gasteiger partial charge in [0.05, 0.1) is 11.9 Å². The van der Waals surface area contributed by atoms with E-state index in [9.17, 15) is 13.9 Å². The third-order valence-electron chi connectivity index (χ3n) is 3.61. The highest BCUT2D eigenvalue weighted by molar-refractivity contribution is 7.80. The zero-order valence-corrected chi connectivity index (χ0v) is 15.7. The topological polar surface area (TPSA) is 81.4 Å². The van der Waals surface area contributed by atoms with E-state index in [1.807, 2.05) is 0 Å². The fraction of sp³-hybridized carbons (Fsp3) is 0. The highest BCUT2D eigenvalue weighted by Gasteiger charge is 2.02. The van der Waals surface area contributed by atoms with Crippen molar-refractivity contribution in [1.82, 2.24) is 5.43 Å². The number of halogens is 2. The molecule has 29 heavy (non-hydrogen) atoms. The van der Waals surface area contributed by atoms with Gasteiger partial charge in [-0.2, -0.15) is 10.2 Å². The van der Waals surface area contributed by atoms with Crippen molar-refractivity contribution in [2.45, 2.75) is 0 Å². The number of phenols is 1. The van der Waals surface area contributed by atoms with Crippen LogP contribution in [0.4, 0.5) is 25.8 Å². The normalized spacial score (nSPS) is 11.1. The predicted molar refractivity (Wildman–Crippen MR) is 112 cm³/mol. The van der Waals surface area contributed by atoms with Crippen LogP contribution in [0.25, 0.3) is 0 Å². The number of benzene rings is 3. The van der Waals surface area contributed by atoms with Crippen LogP contribution in [0, 0.1) is 11.6 Å². The molecule has 3 rings (SSSR count). The quantitative estimate of drug-likeness (QED) is 0.227. The lowest BCUT2D eigenvalue weighted by Gasteiger charge is -2.06. The average molecular weight is 411 g/mol. The first-order valence-corrected chi connectivity index (χ1v) is 8.77. The molecule has 6 nitrogen and oxygen atoms in total. The van der Waals surface area contributed by atoms with Gasteiger partial charge in [-0.1, -0.05) is 12.1 Å². The van der Waals surface area contributed by atoms with Crippen molar-refractivity contribution >= 4 is 40.6 Å². The molecule has 0 fully saturated rings. The van der Waals surface area contributed by atoms with Crippen molar-refractivity contribution in [1.29, 1.82) is 0 Å². The van der Waals surface area contributed by atoms with Gasteiger partial charge in [0.25, 0.3) is 0 Å². The van der Waals surface area contributed by atoms with Crippen LogP contribution in [0.5, 0.6) is 5.75 Å². The van der Waals surface area contributed by atoms with Crippen LogP contribution in [-0.4, -0.2) is 16.4 Å². The fourth-order valence-electron chi connectivity index (χ4n) is 2.20. The van der Waals surface area contributed by atoms with E-state index in [2.05, 4.69) is 26.1 Å². The number of nitrogens with one attached hydrogen (secondary N) is 2. The maximum atomic E-state index is 13.6. The minimum absolute atomic E-state index is 0.0298. The molecule has 0 aliphatic rings. The third kappa shape index (κ3) is 5.88. The Labute approximate surface area is 170 Å². The number of hydrazone groups is 1. The molecule has 0 saturated heterocycles. The number of anilines is 1. The van der Waals surface area contributed by atoms with Crippen LogP contribution in [0.1, 0.15) is 5.56 Å². The molecule has 0 aliphatic heterocycles. The average Bonchev–Trinajstić information content (AvgIpc) is 2.71. The van der Waals surface area contributed by atoms with Crippen LogP contribution in [0.3, 0.4) is 0 Å². The molecule has 0 aromatic heterocycles. The molecule has 0 saturated carbocycles. The number of hydrogen-bond donors (Lipinski definition) is 3. The number of hydrogen-bond acceptors (Lipinski definition) is 5. The number of rotatable bonds is 5. The Morgan fingerprint density at radius 2 is 1.72 bits per heavy atom. The summed E-state index contributed by atoms with van der Waals surface area (Å²) < 4.78 is 26.5. The number of aromatic hydroxyl groups is 1. The van der Waals surface area contributed by atoms with Crippen molar-refractivity contribution in [2.24, 2.45) is 15.3 Å². The first kappa shape index (κ1) is 20.0. The maximum absolute atomic E-state index is 13.6. The Balaban J connectivity index is 1.64. The zero-order valence-electron chi connectivity index (χ0n) is 14.9. The van der Waals surface area contributed by atoms with Crippen molar-refractivity contribution in [2.75, 3.05) is 5.32 Å². The minimum atomic E-state index is -0.483. The van der Waals surface area contributed by atoms with E-state index in [0.717, 1.165) is 0 Å². The first-order chi connectivity index (χ1) is 14.0. The van der Waals surface area contributed by atoms with E-state index >= 15 is 0 Å². The molecule has 3 aromatic carbocycles. The summed E-state index contributed by atoms with van der Waals surface area (Å²) in [5, 5.41) is 24.7. The van der Waals surface area contributed by atoms with Gasteiger partial charge < -0.3 is 10.4 Å². The molecule has 0 bridgehead atoms. The Morgan fingerprint density at radius 1 is 0.966 bits per heavy atom. The second kappa shape index (κ2) is 9.47. The second-order valence-electron chi connectivity index (χ2n) is 5.73. The Morgan fingerprint density at radius 3 is 2.48 bits per heavy atom. The Kier molecular flexibility index (Phi) is 6.54. The van der Waals surface area contributed by atoms with Gasteiger partial charge in [-0.15, -0.1) is 5.11 Å². The van der Waals surface area contributed by atoms with Gasteiger partial charge in [-0.05, 0) is 66.8 Å². The van der Waals surface area contributed by atoms with Crippen LogP contribution < -0.4 is 10.7 Å². The molecule has 0 heterocycles. The van der Waals surface area contributed by atoms with Gasteiger partial charge in [0.15, 0.2) is 10.9 Å². The highest BCUT2D eigenvalue weighted by Crippen LogP contribution is 2.25. The van der Waals surface area contributed by atoms with Crippen molar-refractivity contribution in [3.8, 4) is 5.75 Å². The van der Waals surface area contributed by atoms with Gasteiger partial charge in [-0.3, -0.25) is 5.43 Å². The van der Waals surface area contributed by atoms with E-state index in [4.69, 9.17) is 12.2 Å². The summed E-state index contributed by atoms with van der Waals surface area (Å²) in [6.45, 7) is 0. The minimum Gasteiger partial charge on any atom is -0.507 e. The summed E-state index contributed by atoms with van der Waals surface area (Å²) in [7, 11) is 0. The van der Waals surface area contributed by atoms with Crippen LogP contribution in [0.2, 0.25) is 0 Å².